The van der Waals surface area contributed by atoms with E-state index in [1.54, 1.807) is 26.8 Å². The van der Waals surface area contributed by atoms with Crippen LogP contribution in [0.25, 0.3) is 22.5 Å². The molecule has 32 heavy (non-hydrogen) atoms. The van der Waals surface area contributed by atoms with Crippen molar-refractivity contribution in [3.05, 3.63) is 36.7 Å². The summed E-state index contributed by atoms with van der Waals surface area (Å²) in [4.78, 5) is 26.0. The van der Waals surface area contributed by atoms with Crippen LogP contribution in [0.5, 0.6) is 5.88 Å². The van der Waals surface area contributed by atoms with E-state index in [-0.39, 0.29) is 13.0 Å². The molecule has 0 spiro atoms. The average Bonchev–Trinajstić information content (AvgIpc) is 3.31. The van der Waals surface area contributed by atoms with E-state index < -0.39 is 29.3 Å². The maximum atomic E-state index is 12.7. The zero-order valence-corrected chi connectivity index (χ0v) is 18.4. The highest BCUT2D eigenvalue weighted by Gasteiger charge is 2.52. The van der Waals surface area contributed by atoms with Crippen molar-refractivity contribution in [3.8, 4) is 5.88 Å². The summed E-state index contributed by atoms with van der Waals surface area (Å²) in [5.41, 5.74) is -0.766. The lowest BCUT2D eigenvalue weighted by Gasteiger charge is -2.32. The van der Waals surface area contributed by atoms with Gasteiger partial charge in [0.05, 0.1) is 6.54 Å². The van der Waals surface area contributed by atoms with Gasteiger partial charge in [0.2, 0.25) is 5.88 Å². The minimum Gasteiger partial charge on any atom is -0.480 e. The van der Waals surface area contributed by atoms with E-state index in [0.29, 0.717) is 16.9 Å². The second-order valence-corrected chi connectivity index (χ2v) is 9.03. The maximum Gasteiger partial charge on any atom is 0.411 e. The SMILES string of the molecule is C=Cc1ccc2c(O[C@H]3CN(C(=O)OC(C)(C)C)[C@](C)(C(=O)O)C3)nn3cnnc3c2c1. The Bertz CT molecular complexity index is 1230. The number of hydrogen-bond donors (Lipinski definition) is 1. The Hall–Kier alpha value is -3.69. The molecular weight excluding hydrogens is 414 g/mol. The monoisotopic (exact) mass is 439 g/mol. The smallest absolute Gasteiger partial charge is 0.411 e. The summed E-state index contributed by atoms with van der Waals surface area (Å²) in [6.07, 6.45) is 1.96. The van der Waals surface area contributed by atoms with Gasteiger partial charge in [0, 0.05) is 17.2 Å². The van der Waals surface area contributed by atoms with E-state index >= 15 is 0 Å². The van der Waals surface area contributed by atoms with Crippen LogP contribution in [0, 0.1) is 0 Å². The van der Waals surface area contributed by atoms with Crippen molar-refractivity contribution in [2.24, 2.45) is 0 Å². The summed E-state index contributed by atoms with van der Waals surface area (Å²) in [5, 5.41) is 23.8. The van der Waals surface area contributed by atoms with Gasteiger partial charge in [-0.2, -0.15) is 4.52 Å². The summed E-state index contributed by atoms with van der Waals surface area (Å²) < 4.78 is 13.1. The van der Waals surface area contributed by atoms with Crippen molar-refractivity contribution in [1.29, 1.82) is 0 Å². The summed E-state index contributed by atoms with van der Waals surface area (Å²) >= 11 is 0. The minimum absolute atomic E-state index is 0.0475. The van der Waals surface area contributed by atoms with E-state index in [2.05, 4.69) is 21.9 Å². The lowest BCUT2D eigenvalue weighted by molar-refractivity contribution is -0.148. The number of carbonyl (C=O) groups is 2. The zero-order valence-electron chi connectivity index (χ0n) is 18.4. The molecule has 4 rings (SSSR count). The molecule has 1 aliphatic rings. The fourth-order valence-corrected chi connectivity index (χ4v) is 3.84. The summed E-state index contributed by atoms with van der Waals surface area (Å²) in [5.74, 6) is -0.830. The molecule has 10 nitrogen and oxygen atoms in total. The van der Waals surface area contributed by atoms with Crippen LogP contribution in [0.3, 0.4) is 0 Å². The molecule has 1 aliphatic heterocycles. The first kappa shape index (κ1) is 21.5. The molecule has 3 heterocycles. The van der Waals surface area contributed by atoms with Gasteiger partial charge in [-0.3, -0.25) is 4.90 Å². The predicted molar refractivity (Wildman–Crippen MR) is 116 cm³/mol. The molecule has 1 amide bonds. The number of likely N-dealkylation sites (tertiary alicyclic amines) is 1. The molecule has 10 heteroatoms. The van der Waals surface area contributed by atoms with Gasteiger partial charge < -0.3 is 14.6 Å². The van der Waals surface area contributed by atoms with Crippen molar-refractivity contribution < 1.29 is 24.2 Å². The number of aromatic nitrogens is 4. The van der Waals surface area contributed by atoms with Gasteiger partial charge in [0.25, 0.3) is 0 Å². The minimum atomic E-state index is -1.47. The predicted octanol–water partition coefficient (Wildman–Crippen LogP) is 3.15. The molecule has 2 aromatic heterocycles. The van der Waals surface area contributed by atoms with Gasteiger partial charge in [0.15, 0.2) is 5.65 Å². The number of carbonyl (C=O) groups excluding carboxylic acids is 1. The van der Waals surface area contributed by atoms with E-state index in [0.717, 1.165) is 10.9 Å². The molecule has 168 valence electrons. The second kappa shape index (κ2) is 7.47. The molecule has 0 saturated carbocycles. The maximum absolute atomic E-state index is 12.7. The topological polar surface area (TPSA) is 119 Å². The zero-order chi connectivity index (χ0) is 23.3. The molecule has 0 radical (unpaired) electrons. The van der Waals surface area contributed by atoms with Gasteiger partial charge in [-0.1, -0.05) is 18.7 Å². The van der Waals surface area contributed by atoms with Gasteiger partial charge in [0.1, 0.15) is 23.6 Å². The number of ether oxygens (including phenoxy) is 2. The molecule has 1 N–H and O–H groups in total. The Kier molecular flexibility index (Phi) is 5.03. The van der Waals surface area contributed by atoms with Crippen LogP contribution in [0.4, 0.5) is 4.79 Å². The first-order chi connectivity index (χ1) is 15.0. The Balaban J connectivity index is 1.70. The summed E-state index contributed by atoms with van der Waals surface area (Å²) in [6, 6.07) is 5.63. The van der Waals surface area contributed by atoms with Crippen LogP contribution in [0.1, 0.15) is 39.7 Å². The third-order valence-corrected chi connectivity index (χ3v) is 5.44. The van der Waals surface area contributed by atoms with Crippen LogP contribution in [0.15, 0.2) is 31.1 Å². The Labute approximate surface area is 184 Å². The van der Waals surface area contributed by atoms with Crippen LogP contribution >= 0.6 is 0 Å². The Morgan fingerprint density at radius 2 is 2.06 bits per heavy atom. The number of rotatable bonds is 4. The molecule has 0 aliphatic carbocycles. The molecular formula is C22H25N5O5. The molecule has 0 unspecified atom stereocenters. The molecule has 3 aromatic rings. The van der Waals surface area contributed by atoms with E-state index in [4.69, 9.17) is 9.47 Å². The number of carboxylic acids is 1. The van der Waals surface area contributed by atoms with Crippen LogP contribution < -0.4 is 4.74 Å². The average molecular weight is 439 g/mol. The number of benzene rings is 1. The molecule has 1 fully saturated rings. The molecule has 1 aromatic carbocycles. The second-order valence-electron chi connectivity index (χ2n) is 9.03. The lowest BCUT2D eigenvalue weighted by atomic mass is 9.98. The Morgan fingerprint density at radius 3 is 2.72 bits per heavy atom. The largest absolute Gasteiger partial charge is 0.480 e. The third-order valence-electron chi connectivity index (χ3n) is 5.44. The third kappa shape index (κ3) is 3.72. The standard InChI is InChI=1S/C22H25N5O5/c1-6-13-7-8-15-16(9-13)17-24-23-12-27(17)25-18(15)31-14-10-22(5,19(28)29)26(11-14)20(30)32-21(2,3)4/h6-9,12,14H,1,10-11H2,2-5H3,(H,28,29)/t14-,22+/m1/s1. The highest BCUT2D eigenvalue weighted by molar-refractivity contribution is 5.97. The highest BCUT2D eigenvalue weighted by atomic mass is 16.6. The van der Waals surface area contributed by atoms with Gasteiger partial charge in [-0.15, -0.1) is 15.3 Å². The fraction of sp³-hybridized carbons (Fsp3) is 0.409. The first-order valence-corrected chi connectivity index (χ1v) is 10.2. The van der Waals surface area contributed by atoms with Crippen LogP contribution in [0.2, 0.25) is 0 Å². The number of aliphatic carboxylic acids is 1. The van der Waals surface area contributed by atoms with Crippen molar-refractivity contribution >= 4 is 34.6 Å². The Morgan fingerprint density at radius 1 is 1.31 bits per heavy atom. The number of nitrogens with zero attached hydrogens (tertiary/aromatic N) is 5. The van der Waals surface area contributed by atoms with Crippen molar-refractivity contribution in [2.75, 3.05) is 6.54 Å². The number of hydrogen-bond acceptors (Lipinski definition) is 7. The van der Waals surface area contributed by atoms with Gasteiger partial charge >= 0.3 is 12.1 Å². The van der Waals surface area contributed by atoms with Gasteiger partial charge in [-0.05, 0) is 45.4 Å². The van der Waals surface area contributed by atoms with Crippen molar-refractivity contribution in [3.63, 3.8) is 0 Å². The number of fused-ring (bicyclic) bond motifs is 3. The van der Waals surface area contributed by atoms with Crippen molar-refractivity contribution in [1.82, 2.24) is 24.7 Å². The fourth-order valence-electron chi connectivity index (χ4n) is 3.84. The summed E-state index contributed by atoms with van der Waals surface area (Å²) in [7, 11) is 0. The molecule has 0 bridgehead atoms. The van der Waals surface area contributed by atoms with Crippen molar-refractivity contribution in [2.45, 2.75) is 51.4 Å². The first-order valence-electron chi connectivity index (χ1n) is 10.2. The molecule has 1 saturated heterocycles. The van der Waals surface area contributed by atoms with Crippen LogP contribution in [-0.2, 0) is 9.53 Å². The molecule has 2 atom stereocenters. The summed E-state index contributed by atoms with van der Waals surface area (Å²) in [6.45, 7) is 10.5. The van der Waals surface area contributed by atoms with E-state index in [1.807, 2.05) is 18.2 Å². The highest BCUT2D eigenvalue weighted by Crippen LogP contribution is 2.35. The normalized spacial score (nSPS) is 21.1. The quantitative estimate of drug-likeness (QED) is 0.658. The number of carboxylic acid groups (broad SMARTS) is 1. The van der Waals surface area contributed by atoms with E-state index in [9.17, 15) is 14.7 Å². The number of amides is 1. The van der Waals surface area contributed by atoms with E-state index in [1.165, 1.54) is 22.7 Å². The van der Waals surface area contributed by atoms with Gasteiger partial charge in [-0.25, -0.2) is 9.59 Å². The van der Waals surface area contributed by atoms with Crippen LogP contribution in [-0.4, -0.2) is 65.7 Å². The lowest BCUT2D eigenvalue weighted by Crippen LogP contribution is -2.52.